The van der Waals surface area contributed by atoms with Crippen molar-refractivity contribution in [3.8, 4) is 0 Å². The number of imidazole rings is 1. The van der Waals surface area contributed by atoms with Crippen LogP contribution in [0.5, 0.6) is 0 Å². The minimum Gasteiger partial charge on any atom is -0.370 e. The van der Waals surface area contributed by atoms with E-state index in [1.54, 1.807) is 13.0 Å². The van der Waals surface area contributed by atoms with Gasteiger partial charge in [-0.25, -0.2) is 9.37 Å². The van der Waals surface area contributed by atoms with Crippen molar-refractivity contribution in [3.63, 3.8) is 0 Å². The van der Waals surface area contributed by atoms with Gasteiger partial charge < -0.3 is 10.3 Å². The molecule has 108 valence electrons. The number of alkyl halides is 1. The first-order chi connectivity index (χ1) is 9.40. The Morgan fingerprint density at radius 3 is 2.85 bits per heavy atom. The highest BCUT2D eigenvalue weighted by atomic mass is 35.5. The topological polar surface area (TPSA) is 60.9 Å². The number of carbonyl (C=O) groups excluding carboxylic acids is 1. The van der Waals surface area contributed by atoms with Crippen molar-refractivity contribution in [2.45, 2.75) is 38.6 Å². The summed E-state index contributed by atoms with van der Waals surface area (Å²) in [6.07, 6.45) is 0.907. The minimum absolute atomic E-state index is 0.284. The number of carbonyl (C=O) groups is 1. The van der Waals surface area contributed by atoms with E-state index in [2.05, 4.69) is 4.98 Å². The largest absolute Gasteiger partial charge is 0.370 e. The molecule has 0 aliphatic heterocycles. The van der Waals surface area contributed by atoms with Gasteiger partial charge in [-0.15, -0.1) is 11.6 Å². The predicted molar refractivity (Wildman–Crippen MR) is 77.1 cm³/mol. The summed E-state index contributed by atoms with van der Waals surface area (Å²) in [5.74, 6) is 0.0568. The average Bonchev–Trinajstić information content (AvgIpc) is 2.68. The molecule has 0 spiro atoms. The zero-order valence-electron chi connectivity index (χ0n) is 11.5. The number of amides is 1. The van der Waals surface area contributed by atoms with Crippen molar-refractivity contribution in [3.05, 3.63) is 29.3 Å². The van der Waals surface area contributed by atoms with E-state index in [1.807, 2.05) is 11.5 Å². The van der Waals surface area contributed by atoms with Gasteiger partial charge in [-0.1, -0.05) is 0 Å². The van der Waals surface area contributed by atoms with Crippen LogP contribution in [0.15, 0.2) is 12.1 Å². The van der Waals surface area contributed by atoms with Crippen molar-refractivity contribution in [1.82, 2.24) is 9.55 Å². The van der Waals surface area contributed by atoms with Gasteiger partial charge in [0.25, 0.3) is 0 Å². The number of hydrogen-bond donors (Lipinski definition) is 1. The lowest BCUT2D eigenvalue weighted by molar-refractivity contribution is -0.118. The zero-order valence-corrected chi connectivity index (χ0v) is 12.2. The Morgan fingerprint density at radius 1 is 1.55 bits per heavy atom. The minimum atomic E-state index is -0.336. The molecule has 1 aromatic carbocycles. The van der Waals surface area contributed by atoms with Gasteiger partial charge in [-0.3, -0.25) is 4.79 Å². The normalized spacial score (nSPS) is 12.8. The SMILES string of the molecule is Cc1cc2c(cc1F)nc(C(C)Cl)n2CCCC(N)=O. The maximum absolute atomic E-state index is 13.6. The zero-order chi connectivity index (χ0) is 14.9. The molecular formula is C14H17ClFN3O. The van der Waals surface area contributed by atoms with E-state index in [0.29, 0.717) is 36.3 Å². The van der Waals surface area contributed by atoms with Gasteiger partial charge in [0.2, 0.25) is 5.91 Å². The third-order valence-electron chi connectivity index (χ3n) is 3.22. The van der Waals surface area contributed by atoms with Crippen molar-refractivity contribution >= 4 is 28.5 Å². The predicted octanol–water partition coefficient (Wildman–Crippen LogP) is 3.05. The van der Waals surface area contributed by atoms with Gasteiger partial charge in [-0.05, 0) is 31.9 Å². The Morgan fingerprint density at radius 2 is 2.25 bits per heavy atom. The molecule has 0 radical (unpaired) electrons. The molecule has 0 aliphatic carbocycles. The number of benzene rings is 1. The highest BCUT2D eigenvalue weighted by Gasteiger charge is 2.16. The van der Waals surface area contributed by atoms with Gasteiger partial charge in [0.15, 0.2) is 0 Å². The number of aryl methyl sites for hydroxylation is 2. The molecule has 2 N–H and O–H groups in total. The molecule has 1 unspecified atom stereocenters. The summed E-state index contributed by atoms with van der Waals surface area (Å²) in [6, 6.07) is 3.17. The first-order valence-corrected chi connectivity index (χ1v) is 6.92. The van der Waals surface area contributed by atoms with Gasteiger partial charge in [0, 0.05) is 19.0 Å². The van der Waals surface area contributed by atoms with Crippen LogP contribution >= 0.6 is 11.6 Å². The van der Waals surface area contributed by atoms with E-state index in [-0.39, 0.29) is 17.1 Å². The first-order valence-electron chi connectivity index (χ1n) is 6.48. The molecule has 6 heteroatoms. The van der Waals surface area contributed by atoms with Crippen molar-refractivity contribution in [2.75, 3.05) is 0 Å². The van der Waals surface area contributed by atoms with Gasteiger partial charge in [-0.2, -0.15) is 0 Å². The monoisotopic (exact) mass is 297 g/mol. The summed E-state index contributed by atoms with van der Waals surface area (Å²) in [7, 11) is 0. The number of fused-ring (bicyclic) bond motifs is 1. The van der Waals surface area contributed by atoms with Crippen LogP contribution in [0.3, 0.4) is 0 Å². The Kier molecular flexibility index (Phi) is 4.28. The van der Waals surface area contributed by atoms with E-state index >= 15 is 0 Å². The molecule has 1 atom stereocenters. The molecule has 4 nitrogen and oxygen atoms in total. The fraction of sp³-hybridized carbons (Fsp3) is 0.429. The molecule has 20 heavy (non-hydrogen) atoms. The highest BCUT2D eigenvalue weighted by molar-refractivity contribution is 6.20. The molecule has 0 saturated heterocycles. The summed E-state index contributed by atoms with van der Waals surface area (Å²) in [4.78, 5) is 15.2. The quantitative estimate of drug-likeness (QED) is 0.862. The smallest absolute Gasteiger partial charge is 0.217 e. The molecule has 2 aromatic rings. The van der Waals surface area contributed by atoms with Crippen molar-refractivity contribution < 1.29 is 9.18 Å². The number of aromatic nitrogens is 2. The number of rotatable bonds is 5. The van der Waals surface area contributed by atoms with Gasteiger partial charge in [0.05, 0.1) is 16.4 Å². The third-order valence-corrected chi connectivity index (χ3v) is 3.41. The second-order valence-corrected chi connectivity index (χ2v) is 5.55. The molecule has 0 aliphatic rings. The molecule has 0 bridgehead atoms. The Hall–Kier alpha value is -1.62. The van der Waals surface area contributed by atoms with Crippen LogP contribution in [0.2, 0.25) is 0 Å². The number of primary amides is 1. The number of halogens is 2. The summed E-state index contributed by atoms with van der Waals surface area (Å²) in [6.45, 7) is 4.10. The lowest BCUT2D eigenvalue weighted by Crippen LogP contribution is -2.12. The molecule has 1 amide bonds. The van der Waals surface area contributed by atoms with Crippen LogP contribution in [0.4, 0.5) is 4.39 Å². The lowest BCUT2D eigenvalue weighted by Gasteiger charge is -2.10. The Labute approximate surface area is 121 Å². The summed E-state index contributed by atoms with van der Waals surface area (Å²) in [5.41, 5.74) is 7.11. The Bertz CT molecular complexity index is 651. The number of nitrogens with two attached hydrogens (primary N) is 1. The van der Waals surface area contributed by atoms with E-state index in [4.69, 9.17) is 17.3 Å². The fourth-order valence-electron chi connectivity index (χ4n) is 2.22. The van der Waals surface area contributed by atoms with E-state index < -0.39 is 0 Å². The fourth-order valence-corrected chi connectivity index (χ4v) is 2.39. The van der Waals surface area contributed by atoms with Crippen LogP contribution in [-0.4, -0.2) is 15.5 Å². The summed E-state index contributed by atoms with van der Waals surface area (Å²) >= 11 is 6.13. The lowest BCUT2D eigenvalue weighted by atomic mass is 10.2. The van der Waals surface area contributed by atoms with E-state index in [9.17, 15) is 9.18 Å². The molecule has 1 aromatic heterocycles. The first kappa shape index (κ1) is 14.8. The van der Waals surface area contributed by atoms with Gasteiger partial charge >= 0.3 is 0 Å². The summed E-state index contributed by atoms with van der Waals surface area (Å²) in [5, 5.41) is -0.292. The highest BCUT2D eigenvalue weighted by Crippen LogP contribution is 2.26. The maximum atomic E-state index is 13.6. The second-order valence-electron chi connectivity index (χ2n) is 4.90. The number of nitrogens with zero attached hydrogens (tertiary/aromatic N) is 2. The number of hydrogen-bond acceptors (Lipinski definition) is 2. The van der Waals surface area contributed by atoms with Crippen LogP contribution in [0.1, 0.15) is 36.5 Å². The van der Waals surface area contributed by atoms with Crippen LogP contribution in [0, 0.1) is 12.7 Å². The van der Waals surface area contributed by atoms with Gasteiger partial charge in [0.1, 0.15) is 11.6 Å². The standard InChI is InChI=1S/C14H17ClFN3O/c1-8-6-12-11(7-10(8)16)18-14(9(2)15)19(12)5-3-4-13(17)20/h6-7,9H,3-5H2,1-2H3,(H2,17,20). The third kappa shape index (κ3) is 2.93. The Balaban J connectivity index is 2.45. The van der Waals surface area contributed by atoms with Crippen LogP contribution < -0.4 is 5.73 Å². The second kappa shape index (κ2) is 5.79. The molecular weight excluding hydrogens is 281 g/mol. The van der Waals surface area contributed by atoms with Crippen LogP contribution in [-0.2, 0) is 11.3 Å². The van der Waals surface area contributed by atoms with Crippen molar-refractivity contribution in [1.29, 1.82) is 0 Å². The maximum Gasteiger partial charge on any atom is 0.217 e. The van der Waals surface area contributed by atoms with Crippen molar-refractivity contribution in [2.24, 2.45) is 5.73 Å². The van der Waals surface area contributed by atoms with E-state index in [0.717, 1.165) is 5.52 Å². The van der Waals surface area contributed by atoms with E-state index in [1.165, 1.54) is 6.07 Å². The van der Waals surface area contributed by atoms with Crippen LogP contribution in [0.25, 0.3) is 11.0 Å². The molecule has 1 heterocycles. The summed E-state index contributed by atoms with van der Waals surface area (Å²) < 4.78 is 15.5. The molecule has 0 saturated carbocycles. The average molecular weight is 298 g/mol. The molecule has 2 rings (SSSR count). The molecule has 0 fully saturated rings.